The predicted molar refractivity (Wildman–Crippen MR) is 156 cm³/mol. The van der Waals surface area contributed by atoms with Gasteiger partial charge in [-0.05, 0) is 33.8 Å². The van der Waals surface area contributed by atoms with Gasteiger partial charge < -0.3 is 8.23 Å². The third-order valence-corrected chi connectivity index (χ3v) is 19.0. The van der Waals surface area contributed by atoms with Crippen molar-refractivity contribution in [2.45, 2.75) is 13.1 Å². The van der Waals surface area contributed by atoms with E-state index in [0.29, 0.717) is 0 Å². The van der Waals surface area contributed by atoms with Crippen molar-refractivity contribution in [1.82, 2.24) is 0 Å². The fourth-order valence-corrected chi connectivity index (χ4v) is 17.8. The lowest BCUT2D eigenvalue weighted by molar-refractivity contribution is 0.416. The third kappa shape index (κ3) is 5.15. The van der Waals surface area contributed by atoms with Crippen LogP contribution in [0.5, 0.6) is 0 Å². The molecule has 0 amide bonds. The summed E-state index contributed by atoms with van der Waals surface area (Å²) in [6.45, 7) is 12.7. The number of benzene rings is 4. The molecule has 0 fully saturated rings. The molecule has 0 saturated carbocycles. The van der Waals surface area contributed by atoms with E-state index in [1.165, 1.54) is 20.7 Å². The Labute approximate surface area is 212 Å². The molecule has 0 bridgehead atoms. The van der Waals surface area contributed by atoms with Gasteiger partial charge in [-0.25, -0.2) is 0 Å². The molecule has 5 heteroatoms. The largest absolute Gasteiger partial charge is 0.426 e. The van der Waals surface area contributed by atoms with Crippen molar-refractivity contribution in [3.8, 4) is 0 Å². The molecule has 35 heavy (non-hydrogen) atoms. The van der Waals surface area contributed by atoms with Crippen molar-refractivity contribution in [1.29, 1.82) is 0 Å². The first-order valence-electron chi connectivity index (χ1n) is 11.9. The van der Waals surface area contributed by atoms with Gasteiger partial charge in [-0.1, -0.05) is 133 Å². The second kappa shape index (κ2) is 10.7. The molecule has 2 unspecified atom stereocenters. The van der Waals surface area contributed by atoms with E-state index in [-0.39, 0.29) is 0 Å². The van der Waals surface area contributed by atoms with E-state index in [0.717, 1.165) is 0 Å². The number of hydrogen-bond donors (Lipinski definition) is 0. The zero-order valence-corrected chi connectivity index (χ0v) is 23.4. The Morgan fingerprint density at radius 1 is 0.486 bits per heavy atom. The maximum Gasteiger partial charge on any atom is 0.341 e. The molecule has 0 spiro atoms. The van der Waals surface area contributed by atoms with Gasteiger partial charge in [0.15, 0.2) is 0 Å². The highest BCUT2D eigenvalue weighted by atomic mass is 28.5. The van der Waals surface area contributed by atoms with E-state index in [1.54, 1.807) is 0 Å². The smallest absolute Gasteiger partial charge is 0.341 e. The highest BCUT2D eigenvalue weighted by molar-refractivity contribution is 7.11. The molecular formula is C30H32O2Si3. The molecule has 0 aliphatic carbocycles. The van der Waals surface area contributed by atoms with Crippen LogP contribution < -0.4 is 20.7 Å². The van der Waals surface area contributed by atoms with Crippen molar-refractivity contribution in [3.05, 3.63) is 146 Å². The third-order valence-electron chi connectivity index (χ3n) is 6.42. The minimum Gasteiger partial charge on any atom is -0.426 e. The highest BCUT2D eigenvalue weighted by Crippen LogP contribution is 2.23. The van der Waals surface area contributed by atoms with E-state index in [9.17, 15) is 0 Å². The molecule has 176 valence electrons. The van der Waals surface area contributed by atoms with Crippen LogP contribution >= 0.6 is 0 Å². The molecule has 4 rings (SSSR count). The van der Waals surface area contributed by atoms with Gasteiger partial charge >= 0.3 is 8.56 Å². The molecule has 0 saturated heterocycles. The number of rotatable bonds is 10. The molecule has 2 nitrogen and oxygen atoms in total. The summed E-state index contributed by atoms with van der Waals surface area (Å²) in [5, 5.41) is 4.72. The SMILES string of the molecule is C=C[Si](C)(O[Si](C)(C=C)c1ccccc1)O[Si](c1ccccc1)(c1ccccc1)c1ccccc1. The van der Waals surface area contributed by atoms with Gasteiger partial charge in [-0.2, -0.15) is 0 Å². The molecular weight excluding hydrogens is 477 g/mol. The van der Waals surface area contributed by atoms with Crippen LogP contribution in [-0.2, 0) is 8.23 Å². The van der Waals surface area contributed by atoms with Crippen LogP contribution in [0, 0.1) is 0 Å². The average molecular weight is 509 g/mol. The second-order valence-electron chi connectivity index (χ2n) is 8.88. The summed E-state index contributed by atoms with van der Waals surface area (Å²) in [6, 6.07) is 42.2. The fourth-order valence-electron chi connectivity index (χ4n) is 4.51. The van der Waals surface area contributed by atoms with E-state index >= 15 is 0 Å². The topological polar surface area (TPSA) is 18.5 Å². The molecule has 0 aliphatic rings. The Morgan fingerprint density at radius 2 is 0.829 bits per heavy atom. The van der Waals surface area contributed by atoms with Crippen LogP contribution in [0.15, 0.2) is 146 Å². The first kappa shape index (κ1) is 25.0. The van der Waals surface area contributed by atoms with Gasteiger partial charge in [0, 0.05) is 0 Å². The molecule has 0 N–H and O–H groups in total. The highest BCUT2D eigenvalue weighted by Gasteiger charge is 2.50. The molecule has 0 aromatic heterocycles. The molecule has 0 aliphatic heterocycles. The lowest BCUT2D eigenvalue weighted by Crippen LogP contribution is -2.74. The van der Waals surface area contributed by atoms with Crippen LogP contribution in [0.1, 0.15) is 0 Å². The standard InChI is InChI=1S/C30H32O2Si3/c1-5-33(3,27-19-11-7-12-20-27)31-34(4,6-2)32-35(28-21-13-8-14-22-28,29-23-15-9-16-24-29)30-25-17-10-18-26-30/h5-26H,1-2H2,3-4H3. The predicted octanol–water partition coefficient (Wildman–Crippen LogP) is 4.69. The summed E-state index contributed by atoms with van der Waals surface area (Å²) < 4.78 is 14.6. The zero-order valence-electron chi connectivity index (χ0n) is 20.4. The number of hydrogen-bond acceptors (Lipinski definition) is 2. The maximum atomic E-state index is 7.48. The molecule has 4 aromatic rings. The Morgan fingerprint density at radius 3 is 1.14 bits per heavy atom. The summed E-state index contributed by atoms with van der Waals surface area (Å²) in [7, 11) is -8.38. The lowest BCUT2D eigenvalue weighted by Gasteiger charge is -2.42. The first-order chi connectivity index (χ1) is 17.0. The van der Waals surface area contributed by atoms with Crippen LogP contribution in [0.3, 0.4) is 0 Å². The van der Waals surface area contributed by atoms with Crippen LogP contribution in [0.2, 0.25) is 13.1 Å². The zero-order chi connectivity index (χ0) is 24.8. The lowest BCUT2D eigenvalue weighted by atomic mass is 10.3. The van der Waals surface area contributed by atoms with Crippen LogP contribution in [0.25, 0.3) is 0 Å². The Kier molecular flexibility index (Phi) is 7.64. The van der Waals surface area contributed by atoms with Gasteiger partial charge in [0.25, 0.3) is 8.32 Å². The quantitative estimate of drug-likeness (QED) is 0.229. The molecule has 0 radical (unpaired) electrons. The molecule has 2 atom stereocenters. The van der Waals surface area contributed by atoms with Gasteiger partial charge in [0.05, 0.1) is 0 Å². The first-order valence-corrected chi connectivity index (χ1v) is 18.6. The average Bonchev–Trinajstić information content (AvgIpc) is 2.93. The van der Waals surface area contributed by atoms with Crippen molar-refractivity contribution in [2.75, 3.05) is 0 Å². The second-order valence-corrected chi connectivity index (χ2v) is 19.2. The van der Waals surface area contributed by atoms with E-state index in [1.807, 2.05) is 17.5 Å². The van der Waals surface area contributed by atoms with Crippen molar-refractivity contribution in [2.24, 2.45) is 0 Å². The van der Waals surface area contributed by atoms with E-state index in [4.69, 9.17) is 8.23 Å². The normalized spacial score (nSPS) is 14.9. The Hall–Kier alpha value is -3.07. The summed E-state index contributed by atoms with van der Waals surface area (Å²) >= 11 is 0. The summed E-state index contributed by atoms with van der Waals surface area (Å²) in [6.07, 6.45) is 0. The van der Waals surface area contributed by atoms with Crippen molar-refractivity contribution in [3.63, 3.8) is 0 Å². The van der Waals surface area contributed by atoms with Crippen LogP contribution in [-0.4, -0.2) is 25.2 Å². The minimum atomic E-state index is -2.94. The monoisotopic (exact) mass is 508 g/mol. The van der Waals surface area contributed by atoms with Crippen molar-refractivity contribution < 1.29 is 8.23 Å². The summed E-state index contributed by atoms with van der Waals surface area (Å²) in [5.41, 5.74) is 3.93. The minimum absolute atomic E-state index is 1.17. The van der Waals surface area contributed by atoms with E-state index < -0.39 is 25.2 Å². The van der Waals surface area contributed by atoms with Crippen LogP contribution in [0.4, 0.5) is 0 Å². The summed E-state index contributed by atoms with van der Waals surface area (Å²) in [5.74, 6) is 0. The van der Waals surface area contributed by atoms with E-state index in [2.05, 4.69) is 142 Å². The fraction of sp³-hybridized carbons (Fsp3) is 0.0667. The Balaban J connectivity index is 1.91. The summed E-state index contributed by atoms with van der Waals surface area (Å²) in [4.78, 5) is 0. The Bertz CT molecular complexity index is 1150. The molecule has 0 heterocycles. The van der Waals surface area contributed by atoms with Gasteiger partial charge in [0.2, 0.25) is 8.32 Å². The molecule has 4 aromatic carbocycles. The van der Waals surface area contributed by atoms with Crippen molar-refractivity contribution >= 4 is 45.9 Å². The van der Waals surface area contributed by atoms with Gasteiger partial charge in [-0.3, -0.25) is 0 Å². The van der Waals surface area contributed by atoms with Gasteiger partial charge in [0.1, 0.15) is 0 Å². The van der Waals surface area contributed by atoms with Gasteiger partial charge in [-0.15, -0.1) is 13.2 Å². The maximum absolute atomic E-state index is 7.48.